The summed E-state index contributed by atoms with van der Waals surface area (Å²) in [5.74, 6) is 0. The summed E-state index contributed by atoms with van der Waals surface area (Å²) in [5.41, 5.74) is 1.55. The maximum absolute atomic E-state index is 11.3. The zero-order valence-corrected chi connectivity index (χ0v) is 9.07. The van der Waals surface area contributed by atoms with Gasteiger partial charge in [0.25, 0.3) is 0 Å². The number of pyridine rings is 2. The average molecular weight is 218 g/mol. The molecular formula is C11H10N2OS. The summed E-state index contributed by atoms with van der Waals surface area (Å²) in [6, 6.07) is 11.1. The van der Waals surface area contributed by atoms with Crippen LogP contribution in [0.3, 0.4) is 0 Å². The van der Waals surface area contributed by atoms with E-state index < -0.39 is 10.8 Å². The van der Waals surface area contributed by atoms with E-state index in [0.717, 1.165) is 11.4 Å². The second-order valence-electron chi connectivity index (χ2n) is 3.03. The largest absolute Gasteiger partial charge is 0.255 e. The molecule has 2 aromatic heterocycles. The van der Waals surface area contributed by atoms with Crippen molar-refractivity contribution in [3.63, 3.8) is 0 Å². The number of nitrogens with zero attached hydrogens (tertiary/aromatic N) is 2. The van der Waals surface area contributed by atoms with Crippen LogP contribution in [0.25, 0.3) is 11.4 Å². The van der Waals surface area contributed by atoms with Crippen LogP contribution in [-0.2, 0) is 10.8 Å². The van der Waals surface area contributed by atoms with Gasteiger partial charge in [-0.05, 0) is 24.3 Å². The van der Waals surface area contributed by atoms with Crippen molar-refractivity contribution >= 4 is 10.8 Å². The highest BCUT2D eigenvalue weighted by Crippen LogP contribution is 2.14. The van der Waals surface area contributed by atoms with Crippen molar-refractivity contribution in [2.45, 2.75) is 5.03 Å². The van der Waals surface area contributed by atoms with E-state index in [9.17, 15) is 4.21 Å². The minimum Gasteiger partial charge on any atom is -0.255 e. The molecule has 0 aromatic carbocycles. The molecule has 0 radical (unpaired) electrons. The van der Waals surface area contributed by atoms with Crippen LogP contribution in [0.5, 0.6) is 0 Å². The monoisotopic (exact) mass is 218 g/mol. The highest BCUT2D eigenvalue weighted by molar-refractivity contribution is 7.84. The predicted octanol–water partition coefficient (Wildman–Crippen LogP) is 1.88. The minimum atomic E-state index is -1.05. The number of rotatable bonds is 2. The third kappa shape index (κ3) is 2.27. The molecule has 15 heavy (non-hydrogen) atoms. The molecule has 2 rings (SSSR count). The summed E-state index contributed by atoms with van der Waals surface area (Å²) in [4.78, 5) is 8.47. The Morgan fingerprint density at radius 2 is 1.87 bits per heavy atom. The Morgan fingerprint density at radius 1 is 1.07 bits per heavy atom. The first-order valence-corrected chi connectivity index (χ1v) is 6.05. The standard InChI is InChI=1S/C11H10N2OS/c1-15(14)11-7-4-6-10(13-11)9-5-2-3-8-12-9/h2-8H,1H3/t15-/m0/s1. The Hall–Kier alpha value is -1.55. The summed E-state index contributed by atoms with van der Waals surface area (Å²) in [5, 5.41) is 0.582. The quantitative estimate of drug-likeness (QED) is 0.773. The lowest BCUT2D eigenvalue weighted by molar-refractivity contribution is 0.684. The Morgan fingerprint density at radius 3 is 2.53 bits per heavy atom. The third-order valence-corrected chi connectivity index (χ3v) is 2.76. The van der Waals surface area contributed by atoms with E-state index in [-0.39, 0.29) is 0 Å². The SMILES string of the molecule is C[S@](=O)c1cccc(-c2ccccn2)n1. The number of hydrogen-bond acceptors (Lipinski definition) is 3. The number of aromatic nitrogens is 2. The van der Waals surface area contributed by atoms with Crippen molar-refractivity contribution in [1.29, 1.82) is 0 Å². The van der Waals surface area contributed by atoms with Gasteiger partial charge in [0, 0.05) is 12.5 Å². The number of hydrogen-bond donors (Lipinski definition) is 0. The van der Waals surface area contributed by atoms with E-state index in [0.29, 0.717) is 5.03 Å². The molecule has 2 aromatic rings. The fraction of sp³-hybridized carbons (Fsp3) is 0.0909. The van der Waals surface area contributed by atoms with Crippen LogP contribution in [0.15, 0.2) is 47.6 Å². The van der Waals surface area contributed by atoms with Crippen LogP contribution in [-0.4, -0.2) is 20.4 Å². The lowest BCUT2D eigenvalue weighted by Crippen LogP contribution is -1.94. The Kier molecular flexibility index (Phi) is 2.87. The molecule has 0 aliphatic heterocycles. The van der Waals surface area contributed by atoms with Gasteiger partial charge >= 0.3 is 0 Å². The van der Waals surface area contributed by atoms with Gasteiger partial charge in [-0.25, -0.2) is 4.98 Å². The van der Waals surface area contributed by atoms with Crippen LogP contribution in [0, 0.1) is 0 Å². The lowest BCUT2D eigenvalue weighted by atomic mass is 10.2. The van der Waals surface area contributed by atoms with Gasteiger partial charge in [-0.1, -0.05) is 12.1 Å². The van der Waals surface area contributed by atoms with Crippen molar-refractivity contribution < 1.29 is 4.21 Å². The smallest absolute Gasteiger partial charge is 0.127 e. The van der Waals surface area contributed by atoms with Gasteiger partial charge in [0.05, 0.1) is 22.2 Å². The molecule has 0 fully saturated rings. The van der Waals surface area contributed by atoms with Crippen molar-refractivity contribution in [3.8, 4) is 11.4 Å². The third-order valence-electron chi connectivity index (χ3n) is 1.95. The minimum absolute atomic E-state index is 0.582. The average Bonchev–Trinajstić information content (AvgIpc) is 2.30. The maximum atomic E-state index is 11.3. The van der Waals surface area contributed by atoms with Crippen molar-refractivity contribution in [2.24, 2.45) is 0 Å². The molecule has 0 saturated carbocycles. The van der Waals surface area contributed by atoms with Crippen LogP contribution in [0.1, 0.15) is 0 Å². The molecule has 0 unspecified atom stereocenters. The van der Waals surface area contributed by atoms with E-state index in [1.54, 1.807) is 18.5 Å². The topological polar surface area (TPSA) is 42.9 Å². The second kappa shape index (κ2) is 4.31. The Labute approximate surface area is 90.7 Å². The van der Waals surface area contributed by atoms with Crippen LogP contribution in [0.2, 0.25) is 0 Å². The molecule has 0 saturated heterocycles. The van der Waals surface area contributed by atoms with Crippen molar-refractivity contribution in [2.75, 3.05) is 6.26 Å². The fourth-order valence-electron chi connectivity index (χ4n) is 1.23. The molecule has 4 heteroatoms. The van der Waals surface area contributed by atoms with Crippen molar-refractivity contribution in [1.82, 2.24) is 9.97 Å². The molecule has 1 atom stereocenters. The Balaban J connectivity index is 2.46. The molecule has 0 bridgehead atoms. The molecule has 0 aliphatic rings. The van der Waals surface area contributed by atoms with Gasteiger partial charge in [0.1, 0.15) is 5.03 Å². The molecule has 76 valence electrons. The van der Waals surface area contributed by atoms with Gasteiger partial charge in [0.2, 0.25) is 0 Å². The molecule has 2 heterocycles. The fourth-order valence-corrected chi connectivity index (χ4v) is 1.73. The highest BCUT2D eigenvalue weighted by Gasteiger charge is 2.03. The van der Waals surface area contributed by atoms with E-state index in [1.807, 2.05) is 30.3 Å². The van der Waals surface area contributed by atoms with Gasteiger partial charge < -0.3 is 0 Å². The van der Waals surface area contributed by atoms with Gasteiger partial charge in [-0.15, -0.1) is 0 Å². The first kappa shape index (κ1) is 9.98. The van der Waals surface area contributed by atoms with E-state index in [4.69, 9.17) is 0 Å². The first-order valence-electron chi connectivity index (χ1n) is 4.49. The van der Waals surface area contributed by atoms with Gasteiger partial charge in [-0.2, -0.15) is 0 Å². The van der Waals surface area contributed by atoms with Gasteiger partial charge in [-0.3, -0.25) is 9.19 Å². The maximum Gasteiger partial charge on any atom is 0.127 e. The Bertz CT molecular complexity index is 485. The van der Waals surface area contributed by atoms with Crippen LogP contribution >= 0.6 is 0 Å². The van der Waals surface area contributed by atoms with Gasteiger partial charge in [0.15, 0.2) is 0 Å². The zero-order chi connectivity index (χ0) is 10.7. The van der Waals surface area contributed by atoms with E-state index in [2.05, 4.69) is 9.97 Å². The predicted molar refractivity (Wildman–Crippen MR) is 59.8 cm³/mol. The van der Waals surface area contributed by atoms with Crippen LogP contribution < -0.4 is 0 Å². The molecule has 0 N–H and O–H groups in total. The van der Waals surface area contributed by atoms with Crippen LogP contribution in [0.4, 0.5) is 0 Å². The molecule has 0 aliphatic carbocycles. The normalized spacial score (nSPS) is 12.3. The molecule has 3 nitrogen and oxygen atoms in total. The highest BCUT2D eigenvalue weighted by atomic mass is 32.2. The summed E-state index contributed by atoms with van der Waals surface area (Å²) in [6.07, 6.45) is 3.33. The molecular weight excluding hydrogens is 208 g/mol. The van der Waals surface area contributed by atoms with E-state index in [1.165, 1.54) is 0 Å². The summed E-state index contributed by atoms with van der Waals surface area (Å²) < 4.78 is 11.3. The molecule has 0 amide bonds. The van der Waals surface area contributed by atoms with Crippen molar-refractivity contribution in [3.05, 3.63) is 42.6 Å². The summed E-state index contributed by atoms with van der Waals surface area (Å²) in [7, 11) is -1.05. The summed E-state index contributed by atoms with van der Waals surface area (Å²) in [6.45, 7) is 0. The second-order valence-corrected chi connectivity index (χ2v) is 4.36. The lowest BCUT2D eigenvalue weighted by Gasteiger charge is -2.01. The summed E-state index contributed by atoms with van der Waals surface area (Å²) >= 11 is 0. The zero-order valence-electron chi connectivity index (χ0n) is 8.25. The first-order chi connectivity index (χ1) is 7.27. The van der Waals surface area contributed by atoms with E-state index >= 15 is 0 Å². The molecule has 0 spiro atoms.